The molecule has 0 aliphatic heterocycles. The molecule has 2 heterocycles. The molecule has 2 aromatic heterocycles. The Hall–Kier alpha value is -2.16. The normalized spacial score (nSPS) is 12.0. The van der Waals surface area contributed by atoms with Gasteiger partial charge in [-0.15, -0.1) is 11.3 Å². The number of carbonyl (C=O) groups is 1. The number of thiophene rings is 1. The molecule has 0 spiro atoms. The van der Waals surface area contributed by atoms with Crippen LogP contribution in [0.25, 0.3) is 10.6 Å². The highest BCUT2D eigenvalue weighted by Crippen LogP contribution is 2.33. The number of amides is 1. The number of aromatic nitrogens is 2. The Morgan fingerprint density at radius 3 is 2.76 bits per heavy atom. The molecule has 0 radical (unpaired) electrons. The number of carbonyl (C=O) groups excluding carboxylic acids is 1. The van der Waals surface area contributed by atoms with Crippen molar-refractivity contribution in [2.45, 2.75) is 13.1 Å². The van der Waals surface area contributed by atoms with Crippen LogP contribution in [-0.2, 0) is 18.0 Å². The number of nitrogens with zero attached hydrogens (tertiary/aromatic N) is 3. The smallest absolute Gasteiger partial charge is 0.274 e. The SMILES string of the molecule is CC(=O)N/N=C/c1ccc(-c2cc(C(F)(F)F)n(C)n2)s1. The van der Waals surface area contributed by atoms with Gasteiger partial charge in [-0.3, -0.25) is 9.48 Å². The first-order valence-electron chi connectivity index (χ1n) is 5.78. The van der Waals surface area contributed by atoms with E-state index in [4.69, 9.17) is 0 Å². The molecule has 2 rings (SSSR count). The molecule has 0 unspecified atom stereocenters. The van der Waals surface area contributed by atoms with Crippen molar-refractivity contribution in [3.05, 3.63) is 28.8 Å². The van der Waals surface area contributed by atoms with E-state index in [1.54, 1.807) is 12.1 Å². The van der Waals surface area contributed by atoms with Crippen molar-refractivity contribution in [3.8, 4) is 10.6 Å². The Labute approximate surface area is 122 Å². The van der Waals surface area contributed by atoms with E-state index in [1.165, 1.54) is 31.5 Å². The largest absolute Gasteiger partial charge is 0.433 e. The van der Waals surface area contributed by atoms with Crippen LogP contribution in [0.15, 0.2) is 23.3 Å². The van der Waals surface area contributed by atoms with Crippen molar-refractivity contribution < 1.29 is 18.0 Å². The summed E-state index contributed by atoms with van der Waals surface area (Å²) in [7, 11) is 1.25. The third-order valence-electron chi connectivity index (χ3n) is 2.46. The van der Waals surface area contributed by atoms with Crippen LogP contribution < -0.4 is 5.43 Å². The van der Waals surface area contributed by atoms with Crippen LogP contribution in [0.5, 0.6) is 0 Å². The van der Waals surface area contributed by atoms with Crippen LogP contribution in [0.2, 0.25) is 0 Å². The summed E-state index contributed by atoms with van der Waals surface area (Å²) in [6, 6.07) is 4.34. The van der Waals surface area contributed by atoms with Crippen molar-refractivity contribution in [1.82, 2.24) is 15.2 Å². The molecular weight excluding hydrogens is 305 g/mol. The first-order chi connectivity index (χ1) is 9.77. The molecule has 2 aromatic rings. The topological polar surface area (TPSA) is 59.3 Å². The molecule has 21 heavy (non-hydrogen) atoms. The maximum Gasteiger partial charge on any atom is 0.433 e. The van der Waals surface area contributed by atoms with Gasteiger partial charge in [0.25, 0.3) is 0 Å². The molecule has 0 aliphatic carbocycles. The second kappa shape index (κ2) is 5.68. The molecule has 0 saturated carbocycles. The summed E-state index contributed by atoms with van der Waals surface area (Å²) >= 11 is 1.23. The van der Waals surface area contributed by atoms with Crippen molar-refractivity contribution in [2.24, 2.45) is 12.1 Å². The second-order valence-corrected chi connectivity index (χ2v) is 5.28. The number of alkyl halides is 3. The quantitative estimate of drug-likeness (QED) is 0.699. The lowest BCUT2D eigenvalue weighted by Crippen LogP contribution is -2.11. The van der Waals surface area contributed by atoms with Gasteiger partial charge in [0.05, 0.1) is 11.1 Å². The van der Waals surface area contributed by atoms with E-state index in [2.05, 4.69) is 15.6 Å². The van der Waals surface area contributed by atoms with E-state index in [9.17, 15) is 18.0 Å². The maximum atomic E-state index is 12.7. The van der Waals surface area contributed by atoms with Crippen molar-refractivity contribution in [2.75, 3.05) is 0 Å². The number of hydrogen-bond donors (Lipinski definition) is 1. The highest BCUT2D eigenvalue weighted by Gasteiger charge is 2.35. The highest BCUT2D eigenvalue weighted by molar-refractivity contribution is 7.17. The zero-order valence-corrected chi connectivity index (χ0v) is 11.9. The highest BCUT2D eigenvalue weighted by atomic mass is 32.1. The van der Waals surface area contributed by atoms with Gasteiger partial charge in [0.1, 0.15) is 11.4 Å². The van der Waals surface area contributed by atoms with Crippen molar-refractivity contribution >= 4 is 23.5 Å². The lowest BCUT2D eigenvalue weighted by atomic mass is 10.3. The lowest BCUT2D eigenvalue weighted by Gasteiger charge is -2.04. The van der Waals surface area contributed by atoms with E-state index in [0.29, 0.717) is 9.75 Å². The molecular formula is C12H11F3N4OS. The van der Waals surface area contributed by atoms with Crippen molar-refractivity contribution in [3.63, 3.8) is 0 Å². The van der Waals surface area contributed by atoms with Gasteiger partial charge in [0, 0.05) is 18.8 Å². The van der Waals surface area contributed by atoms with Gasteiger partial charge in [-0.05, 0) is 18.2 Å². The number of rotatable bonds is 3. The summed E-state index contributed by atoms with van der Waals surface area (Å²) in [4.78, 5) is 11.9. The average molecular weight is 316 g/mol. The fourth-order valence-corrected chi connectivity index (χ4v) is 2.44. The molecule has 0 fully saturated rings. The number of hydrazone groups is 1. The molecule has 1 amide bonds. The summed E-state index contributed by atoms with van der Waals surface area (Å²) in [5, 5.41) is 7.55. The molecule has 5 nitrogen and oxygen atoms in total. The summed E-state index contributed by atoms with van der Waals surface area (Å²) in [5.41, 5.74) is 1.68. The van der Waals surface area contributed by atoms with E-state index in [-0.39, 0.29) is 11.6 Å². The van der Waals surface area contributed by atoms with Gasteiger partial charge < -0.3 is 0 Å². The number of nitrogens with one attached hydrogen (secondary N) is 1. The van der Waals surface area contributed by atoms with Gasteiger partial charge >= 0.3 is 6.18 Å². The minimum Gasteiger partial charge on any atom is -0.274 e. The molecule has 1 N–H and O–H groups in total. The third-order valence-corrected chi connectivity index (χ3v) is 3.51. The minimum atomic E-state index is -4.44. The van der Waals surface area contributed by atoms with E-state index in [1.807, 2.05) is 0 Å². The van der Waals surface area contributed by atoms with Gasteiger partial charge in [-0.2, -0.15) is 23.4 Å². The number of hydrogen-bond acceptors (Lipinski definition) is 4. The summed E-state index contributed by atoms with van der Waals surface area (Å²) < 4.78 is 38.9. The zero-order chi connectivity index (χ0) is 15.6. The van der Waals surface area contributed by atoms with Crippen LogP contribution >= 0.6 is 11.3 Å². The van der Waals surface area contributed by atoms with Crippen LogP contribution in [0.4, 0.5) is 13.2 Å². The summed E-state index contributed by atoms with van der Waals surface area (Å²) in [6.07, 6.45) is -3.02. The maximum absolute atomic E-state index is 12.7. The van der Waals surface area contributed by atoms with Crippen LogP contribution in [0.1, 0.15) is 17.5 Å². The summed E-state index contributed by atoms with van der Waals surface area (Å²) in [5.74, 6) is -0.303. The fourth-order valence-electron chi connectivity index (χ4n) is 1.60. The van der Waals surface area contributed by atoms with E-state index >= 15 is 0 Å². The standard InChI is InChI=1S/C12H11F3N4OS/c1-7(20)17-16-6-8-3-4-10(21-8)9-5-11(12(13,14)15)19(2)18-9/h3-6H,1-2H3,(H,17,20)/b16-6+. The Bertz CT molecular complexity index is 687. The molecule has 0 saturated heterocycles. The third kappa shape index (κ3) is 3.69. The first kappa shape index (κ1) is 15.2. The number of aryl methyl sites for hydroxylation is 1. The Balaban J connectivity index is 2.22. The first-order valence-corrected chi connectivity index (χ1v) is 6.60. The van der Waals surface area contributed by atoms with Gasteiger partial charge in [0.15, 0.2) is 0 Å². The second-order valence-electron chi connectivity index (χ2n) is 4.16. The van der Waals surface area contributed by atoms with Crippen LogP contribution in [0, 0.1) is 0 Å². The zero-order valence-electron chi connectivity index (χ0n) is 11.1. The van der Waals surface area contributed by atoms with Crippen LogP contribution in [-0.4, -0.2) is 21.9 Å². The fraction of sp³-hybridized carbons (Fsp3) is 0.250. The monoisotopic (exact) mass is 316 g/mol. The Morgan fingerprint density at radius 1 is 1.48 bits per heavy atom. The Morgan fingerprint density at radius 2 is 2.19 bits per heavy atom. The lowest BCUT2D eigenvalue weighted by molar-refractivity contribution is -0.143. The van der Waals surface area contributed by atoms with E-state index < -0.39 is 11.9 Å². The number of halogens is 3. The van der Waals surface area contributed by atoms with Gasteiger partial charge in [0.2, 0.25) is 5.91 Å². The summed E-state index contributed by atoms with van der Waals surface area (Å²) in [6.45, 7) is 1.32. The van der Waals surface area contributed by atoms with Gasteiger partial charge in [-0.1, -0.05) is 0 Å². The predicted molar refractivity (Wildman–Crippen MR) is 72.9 cm³/mol. The molecule has 0 atom stereocenters. The molecule has 9 heteroatoms. The van der Waals surface area contributed by atoms with Crippen LogP contribution in [0.3, 0.4) is 0 Å². The molecule has 0 aliphatic rings. The van der Waals surface area contributed by atoms with Gasteiger partial charge in [-0.25, -0.2) is 5.43 Å². The molecule has 0 aromatic carbocycles. The minimum absolute atomic E-state index is 0.244. The predicted octanol–water partition coefficient (Wildman–Crippen LogP) is 2.64. The Kier molecular flexibility index (Phi) is 4.12. The molecule has 112 valence electrons. The van der Waals surface area contributed by atoms with Crippen molar-refractivity contribution in [1.29, 1.82) is 0 Å². The average Bonchev–Trinajstić information content (AvgIpc) is 2.94. The van der Waals surface area contributed by atoms with E-state index in [0.717, 1.165) is 10.7 Å². The molecule has 0 bridgehead atoms.